The molecular formula is C44H67N5O4S. The van der Waals surface area contributed by atoms with Crippen molar-refractivity contribution in [1.29, 1.82) is 0 Å². The van der Waals surface area contributed by atoms with Crippen LogP contribution in [0.25, 0.3) is 0 Å². The zero-order chi connectivity index (χ0) is 39.8. The first-order valence-corrected chi connectivity index (χ1v) is 21.7. The second-order valence-corrected chi connectivity index (χ2v) is 17.1. The minimum Gasteiger partial charge on any atom is -0.354 e. The van der Waals surface area contributed by atoms with Crippen molar-refractivity contribution in [1.82, 2.24) is 0 Å². The van der Waals surface area contributed by atoms with E-state index in [0.717, 1.165) is 73.7 Å². The number of nitrogens with one attached hydrogen (secondary N) is 3. The van der Waals surface area contributed by atoms with Gasteiger partial charge in [0.15, 0.2) is 0 Å². The average molecular weight is 762 g/mol. The van der Waals surface area contributed by atoms with Crippen LogP contribution in [0.15, 0.2) is 59.5 Å². The molecule has 0 saturated carbocycles. The van der Waals surface area contributed by atoms with E-state index >= 15 is 0 Å². The van der Waals surface area contributed by atoms with Crippen molar-refractivity contribution in [2.45, 2.75) is 155 Å². The number of rotatable bonds is 23. The molecule has 10 heteroatoms. The monoisotopic (exact) mass is 761 g/mol. The number of urea groups is 1. The molecule has 0 spiro atoms. The fourth-order valence-corrected chi connectivity index (χ4v) is 8.37. The van der Waals surface area contributed by atoms with Gasteiger partial charge < -0.3 is 16.4 Å². The Morgan fingerprint density at radius 1 is 0.667 bits per heavy atom. The molecule has 3 amide bonds. The van der Waals surface area contributed by atoms with Crippen LogP contribution in [0.1, 0.15) is 167 Å². The zero-order valence-corrected chi connectivity index (χ0v) is 35.0. The van der Waals surface area contributed by atoms with Gasteiger partial charge in [-0.25, -0.2) is 13.2 Å². The van der Waals surface area contributed by atoms with Crippen molar-refractivity contribution in [2.75, 3.05) is 26.8 Å². The molecule has 3 aromatic rings. The van der Waals surface area contributed by atoms with Crippen molar-refractivity contribution in [3.8, 4) is 0 Å². The van der Waals surface area contributed by atoms with Gasteiger partial charge in [0.05, 0.1) is 22.0 Å². The molecule has 0 aliphatic rings. The number of hydrogen-bond acceptors (Lipinski definition) is 5. The highest BCUT2D eigenvalue weighted by Crippen LogP contribution is 2.37. The fraction of sp³-hybridized carbons (Fsp3) is 0.545. The number of benzene rings is 3. The molecule has 0 aliphatic heterocycles. The molecule has 0 radical (unpaired) electrons. The highest BCUT2D eigenvalue weighted by molar-refractivity contribution is 7.92. The Morgan fingerprint density at radius 2 is 1.20 bits per heavy atom. The first kappa shape index (κ1) is 44.3. The molecule has 5 N–H and O–H groups in total. The van der Waals surface area contributed by atoms with Crippen LogP contribution in [0.3, 0.4) is 0 Å². The van der Waals surface area contributed by atoms with E-state index in [2.05, 4.69) is 43.1 Å². The number of unbranched alkanes of at least 4 members (excludes halogenated alkanes) is 9. The highest BCUT2D eigenvalue weighted by atomic mass is 32.2. The first-order valence-electron chi connectivity index (χ1n) is 20.3. The summed E-state index contributed by atoms with van der Waals surface area (Å²) >= 11 is 0. The summed E-state index contributed by atoms with van der Waals surface area (Å²) in [5.74, 6) is 0.100. The van der Waals surface area contributed by atoms with E-state index in [0.29, 0.717) is 40.6 Å². The van der Waals surface area contributed by atoms with E-state index in [1.54, 1.807) is 23.1 Å². The largest absolute Gasteiger partial charge is 0.354 e. The van der Waals surface area contributed by atoms with Gasteiger partial charge in [-0.15, -0.1) is 0 Å². The van der Waals surface area contributed by atoms with E-state index < -0.39 is 16.1 Å². The van der Waals surface area contributed by atoms with Gasteiger partial charge in [0, 0.05) is 24.3 Å². The predicted molar refractivity (Wildman–Crippen MR) is 228 cm³/mol. The maximum Gasteiger partial charge on any atom is 0.319 e. The number of primary amides is 1. The molecule has 3 aromatic carbocycles. The van der Waals surface area contributed by atoms with Crippen LogP contribution < -0.4 is 26.0 Å². The van der Waals surface area contributed by atoms with Crippen molar-refractivity contribution < 1.29 is 18.0 Å². The van der Waals surface area contributed by atoms with Crippen LogP contribution in [0.2, 0.25) is 0 Å². The summed E-state index contributed by atoms with van der Waals surface area (Å²) in [6, 6.07) is 16.1. The minimum atomic E-state index is -4.01. The summed E-state index contributed by atoms with van der Waals surface area (Å²) in [6.45, 7) is 17.2. The molecule has 54 heavy (non-hydrogen) atoms. The number of sulfonamides is 1. The lowest BCUT2D eigenvalue weighted by atomic mass is 9.89. The Balaban J connectivity index is 1.93. The van der Waals surface area contributed by atoms with E-state index in [-0.39, 0.29) is 23.7 Å². The molecule has 0 aliphatic carbocycles. The molecule has 3 rings (SSSR count). The van der Waals surface area contributed by atoms with Crippen LogP contribution in [-0.2, 0) is 14.8 Å². The Hall–Kier alpha value is -4.05. The molecule has 0 unspecified atom stereocenters. The average Bonchev–Trinajstić information content (AvgIpc) is 3.11. The molecule has 0 aromatic heterocycles. The molecule has 0 fully saturated rings. The van der Waals surface area contributed by atoms with Crippen molar-refractivity contribution in [3.05, 3.63) is 71.3 Å². The van der Waals surface area contributed by atoms with Crippen LogP contribution >= 0.6 is 0 Å². The second kappa shape index (κ2) is 21.7. The van der Waals surface area contributed by atoms with Gasteiger partial charge in [-0.3, -0.25) is 14.4 Å². The summed E-state index contributed by atoms with van der Waals surface area (Å²) in [7, 11) is -4.01. The number of carbonyl (C=O) groups excluding carboxylic acids is 2. The lowest BCUT2D eigenvalue weighted by Crippen LogP contribution is -2.36. The number of carbonyl (C=O) groups is 2. The van der Waals surface area contributed by atoms with Gasteiger partial charge in [-0.2, -0.15) is 0 Å². The van der Waals surface area contributed by atoms with Crippen molar-refractivity contribution in [3.63, 3.8) is 0 Å². The van der Waals surface area contributed by atoms with Gasteiger partial charge in [0.2, 0.25) is 5.91 Å². The number of amides is 3. The lowest BCUT2D eigenvalue weighted by molar-refractivity contribution is -0.116. The number of anilines is 5. The molecule has 298 valence electrons. The standard InChI is InChI=1S/C44H67N5O4S/c1-9-11-13-15-17-19-27-49(44(45)51)37-24-21-35(22-25-37)46-40-26-23-36(30-41(40)47-42(50)20-18-16-14-12-10-2)48-54(52,53)43-38(32(5)6)28-34(31(3)4)29-39(43)33(7)8/h21-26,28-33,46,48H,9-20,27H2,1-8H3,(H2,45,51)(H,47,50). The lowest BCUT2D eigenvalue weighted by Gasteiger charge is -2.23. The van der Waals surface area contributed by atoms with Crippen molar-refractivity contribution >= 4 is 50.4 Å². The first-order chi connectivity index (χ1) is 25.7. The van der Waals surface area contributed by atoms with Crippen LogP contribution in [-0.4, -0.2) is 26.9 Å². The second-order valence-electron chi connectivity index (χ2n) is 15.5. The SMILES string of the molecule is CCCCCCCCN(C(N)=O)c1ccc(Nc2ccc(NS(=O)(=O)c3c(C(C)C)cc(C(C)C)cc3C(C)C)cc2NC(=O)CCCCCCC)cc1. The number of nitrogens with zero attached hydrogens (tertiary/aromatic N) is 1. The van der Waals surface area contributed by atoms with Gasteiger partial charge in [0.25, 0.3) is 10.0 Å². The summed E-state index contributed by atoms with van der Waals surface area (Å²) in [6.07, 6.45) is 12.2. The van der Waals surface area contributed by atoms with Gasteiger partial charge >= 0.3 is 6.03 Å². The zero-order valence-electron chi connectivity index (χ0n) is 34.2. The third-order valence-corrected chi connectivity index (χ3v) is 11.4. The Kier molecular flexibility index (Phi) is 17.9. The molecule has 0 heterocycles. The van der Waals surface area contributed by atoms with Crippen LogP contribution in [0, 0.1) is 0 Å². The van der Waals surface area contributed by atoms with Crippen LogP contribution in [0.4, 0.5) is 33.2 Å². The molecular weight excluding hydrogens is 695 g/mol. The molecule has 9 nitrogen and oxygen atoms in total. The summed E-state index contributed by atoms with van der Waals surface area (Å²) in [5.41, 5.74) is 11.3. The quantitative estimate of drug-likeness (QED) is 0.0714. The number of hydrogen-bond donors (Lipinski definition) is 4. The normalized spacial score (nSPS) is 11.7. The van der Waals surface area contributed by atoms with Gasteiger partial charge in [-0.05, 0) is 89.8 Å². The highest BCUT2D eigenvalue weighted by Gasteiger charge is 2.27. The minimum absolute atomic E-state index is 0.0106. The smallest absolute Gasteiger partial charge is 0.319 e. The maximum atomic E-state index is 14.3. The topological polar surface area (TPSA) is 134 Å². The summed E-state index contributed by atoms with van der Waals surface area (Å²) in [4.78, 5) is 27.5. The molecule has 0 saturated heterocycles. The van der Waals surface area contributed by atoms with Gasteiger partial charge in [-0.1, -0.05) is 125 Å². The molecule has 0 bridgehead atoms. The third-order valence-electron chi connectivity index (χ3n) is 9.86. The van der Waals surface area contributed by atoms with Crippen molar-refractivity contribution in [2.24, 2.45) is 5.73 Å². The predicted octanol–water partition coefficient (Wildman–Crippen LogP) is 12.1. The summed E-state index contributed by atoms with van der Waals surface area (Å²) in [5, 5.41) is 6.44. The Morgan fingerprint density at radius 3 is 1.74 bits per heavy atom. The van der Waals surface area contributed by atoms with Gasteiger partial charge in [0.1, 0.15) is 0 Å². The van der Waals surface area contributed by atoms with E-state index in [9.17, 15) is 18.0 Å². The maximum absolute atomic E-state index is 14.3. The van der Waals surface area contributed by atoms with E-state index in [1.807, 2.05) is 64.1 Å². The Labute approximate surface area is 326 Å². The summed E-state index contributed by atoms with van der Waals surface area (Å²) < 4.78 is 31.4. The fourth-order valence-electron chi connectivity index (χ4n) is 6.63. The third kappa shape index (κ3) is 13.4. The van der Waals surface area contributed by atoms with E-state index in [1.165, 1.54) is 19.3 Å². The van der Waals surface area contributed by atoms with E-state index in [4.69, 9.17) is 5.73 Å². The van der Waals surface area contributed by atoms with Crippen LogP contribution in [0.5, 0.6) is 0 Å². The Bertz CT molecular complexity index is 1720. The number of nitrogens with two attached hydrogens (primary N) is 1. The molecule has 0 atom stereocenters.